The van der Waals surface area contributed by atoms with Crippen LogP contribution < -0.4 is 0 Å². The SMILES string of the molecule is Br.Fc1ccc(Cn2c3c(c4ccccc42)C=CN(Cc2ccccc2)C3c2ccccc2Cl)cc1. The molecule has 180 valence electrons. The Labute approximate surface area is 226 Å². The van der Waals surface area contributed by atoms with Gasteiger partial charge in [-0.25, -0.2) is 4.39 Å². The molecule has 2 heterocycles. The Bertz CT molecular complexity index is 1530. The Morgan fingerprint density at radius 1 is 0.722 bits per heavy atom. The van der Waals surface area contributed by atoms with Crippen LogP contribution in [-0.4, -0.2) is 9.47 Å². The van der Waals surface area contributed by atoms with E-state index in [4.69, 9.17) is 11.6 Å². The van der Waals surface area contributed by atoms with E-state index in [1.165, 1.54) is 34.3 Å². The van der Waals surface area contributed by atoms with E-state index in [1.807, 2.05) is 36.4 Å². The molecule has 36 heavy (non-hydrogen) atoms. The predicted molar refractivity (Wildman–Crippen MR) is 152 cm³/mol. The summed E-state index contributed by atoms with van der Waals surface area (Å²) >= 11 is 6.82. The van der Waals surface area contributed by atoms with Gasteiger partial charge in [0.1, 0.15) is 5.82 Å². The van der Waals surface area contributed by atoms with Gasteiger partial charge in [0.05, 0.1) is 11.7 Å². The first-order valence-electron chi connectivity index (χ1n) is 11.8. The molecule has 2 nitrogen and oxygen atoms in total. The van der Waals surface area contributed by atoms with Crippen LogP contribution in [0.4, 0.5) is 4.39 Å². The van der Waals surface area contributed by atoms with Crippen molar-refractivity contribution in [1.82, 2.24) is 9.47 Å². The van der Waals surface area contributed by atoms with Crippen LogP contribution in [0.3, 0.4) is 0 Å². The number of hydrogen-bond acceptors (Lipinski definition) is 1. The lowest BCUT2D eigenvalue weighted by Crippen LogP contribution is -2.29. The number of nitrogens with zero attached hydrogens (tertiary/aromatic N) is 2. The van der Waals surface area contributed by atoms with Gasteiger partial charge in [-0.1, -0.05) is 90.5 Å². The highest BCUT2D eigenvalue weighted by molar-refractivity contribution is 8.93. The molecule has 5 heteroatoms. The van der Waals surface area contributed by atoms with Gasteiger partial charge in [-0.2, -0.15) is 0 Å². The number of para-hydroxylation sites is 1. The second kappa shape index (κ2) is 10.3. The molecule has 0 spiro atoms. The van der Waals surface area contributed by atoms with E-state index in [-0.39, 0.29) is 28.8 Å². The van der Waals surface area contributed by atoms with E-state index >= 15 is 0 Å². The van der Waals surface area contributed by atoms with E-state index in [1.54, 1.807) is 0 Å². The summed E-state index contributed by atoms with van der Waals surface area (Å²) in [6, 6.07) is 33.8. The molecule has 1 atom stereocenters. The summed E-state index contributed by atoms with van der Waals surface area (Å²) in [5, 5.41) is 1.95. The zero-order valence-electron chi connectivity index (χ0n) is 19.5. The number of aromatic nitrogens is 1. The van der Waals surface area contributed by atoms with E-state index < -0.39 is 0 Å². The van der Waals surface area contributed by atoms with Gasteiger partial charge in [0.15, 0.2) is 0 Å². The molecule has 0 bridgehead atoms. The Balaban J connectivity index is 0.00000267. The highest BCUT2D eigenvalue weighted by atomic mass is 79.9. The van der Waals surface area contributed by atoms with Crippen molar-refractivity contribution in [1.29, 1.82) is 0 Å². The Hall–Kier alpha value is -3.34. The number of halogens is 3. The minimum absolute atomic E-state index is 0. The molecule has 0 saturated carbocycles. The Morgan fingerprint density at radius 3 is 2.17 bits per heavy atom. The smallest absolute Gasteiger partial charge is 0.123 e. The van der Waals surface area contributed by atoms with Crippen molar-refractivity contribution >= 4 is 45.6 Å². The summed E-state index contributed by atoms with van der Waals surface area (Å²) in [6.45, 7) is 1.40. The molecule has 0 aliphatic carbocycles. The van der Waals surface area contributed by atoms with Crippen LogP contribution in [0.25, 0.3) is 17.0 Å². The van der Waals surface area contributed by atoms with Gasteiger partial charge in [0, 0.05) is 40.8 Å². The monoisotopic (exact) mass is 558 g/mol. The average Bonchev–Trinajstić information content (AvgIpc) is 3.20. The van der Waals surface area contributed by atoms with Crippen molar-refractivity contribution in [2.75, 3.05) is 0 Å². The van der Waals surface area contributed by atoms with Crippen LogP contribution >= 0.6 is 28.6 Å². The van der Waals surface area contributed by atoms with Crippen molar-refractivity contribution in [3.05, 3.63) is 148 Å². The molecule has 5 aromatic rings. The van der Waals surface area contributed by atoms with Crippen molar-refractivity contribution < 1.29 is 4.39 Å². The van der Waals surface area contributed by atoms with E-state index in [2.05, 4.69) is 76.3 Å². The third-order valence-electron chi connectivity index (χ3n) is 6.74. The molecule has 4 aromatic carbocycles. The Kier molecular flexibility index (Phi) is 6.99. The molecule has 0 amide bonds. The maximum absolute atomic E-state index is 13.6. The largest absolute Gasteiger partial charge is 0.361 e. The lowest BCUT2D eigenvalue weighted by molar-refractivity contribution is 0.297. The number of hydrogen-bond donors (Lipinski definition) is 0. The minimum Gasteiger partial charge on any atom is -0.361 e. The minimum atomic E-state index is -0.223. The summed E-state index contributed by atoms with van der Waals surface area (Å²) in [6.07, 6.45) is 4.41. The number of rotatable bonds is 5. The first kappa shape index (κ1) is 24.4. The summed E-state index contributed by atoms with van der Waals surface area (Å²) in [4.78, 5) is 2.36. The summed E-state index contributed by atoms with van der Waals surface area (Å²) in [5.74, 6) is -0.223. The van der Waals surface area contributed by atoms with Gasteiger partial charge in [-0.15, -0.1) is 17.0 Å². The quantitative estimate of drug-likeness (QED) is 0.209. The fraction of sp³-hybridized carbons (Fsp3) is 0.0968. The molecule has 1 aromatic heterocycles. The second-order valence-electron chi connectivity index (χ2n) is 8.93. The van der Waals surface area contributed by atoms with Crippen molar-refractivity contribution in [2.24, 2.45) is 0 Å². The molecule has 0 N–H and O–H groups in total. The van der Waals surface area contributed by atoms with Gasteiger partial charge in [0.25, 0.3) is 0 Å². The third-order valence-corrected chi connectivity index (χ3v) is 7.08. The summed E-state index contributed by atoms with van der Waals surface area (Å²) < 4.78 is 16.0. The van der Waals surface area contributed by atoms with Crippen LogP contribution in [0.5, 0.6) is 0 Å². The van der Waals surface area contributed by atoms with E-state index in [9.17, 15) is 4.39 Å². The highest BCUT2D eigenvalue weighted by Crippen LogP contribution is 2.43. The van der Waals surface area contributed by atoms with E-state index in [0.29, 0.717) is 6.54 Å². The summed E-state index contributed by atoms with van der Waals surface area (Å²) in [7, 11) is 0. The predicted octanol–water partition coefficient (Wildman–Crippen LogP) is 8.64. The van der Waals surface area contributed by atoms with Crippen LogP contribution in [0, 0.1) is 5.82 Å². The van der Waals surface area contributed by atoms with Crippen LogP contribution in [-0.2, 0) is 13.1 Å². The summed E-state index contributed by atoms with van der Waals surface area (Å²) in [5.41, 5.74) is 6.92. The van der Waals surface area contributed by atoms with Gasteiger partial charge >= 0.3 is 0 Å². The Morgan fingerprint density at radius 2 is 1.39 bits per heavy atom. The molecule has 0 radical (unpaired) electrons. The van der Waals surface area contributed by atoms with Crippen molar-refractivity contribution in [3.8, 4) is 0 Å². The first-order valence-corrected chi connectivity index (χ1v) is 12.1. The van der Waals surface area contributed by atoms with Crippen LogP contribution in [0.2, 0.25) is 5.02 Å². The van der Waals surface area contributed by atoms with Crippen molar-refractivity contribution in [2.45, 2.75) is 19.1 Å². The van der Waals surface area contributed by atoms with Crippen LogP contribution in [0.1, 0.15) is 34.0 Å². The number of fused-ring (bicyclic) bond motifs is 3. The van der Waals surface area contributed by atoms with Gasteiger partial charge < -0.3 is 9.47 Å². The maximum Gasteiger partial charge on any atom is 0.123 e. The molecule has 0 fully saturated rings. The zero-order valence-corrected chi connectivity index (χ0v) is 22.0. The maximum atomic E-state index is 13.6. The zero-order chi connectivity index (χ0) is 23.8. The standard InChI is InChI=1S/C31H24ClFN2.BrH/c32-28-12-6-4-11-27(28)30-31-26(18-19-34(30)20-22-8-2-1-3-9-22)25-10-5-7-13-29(25)35(31)21-23-14-16-24(33)17-15-23;/h1-19,30H,20-21H2;1H. The molecule has 1 aliphatic rings. The van der Waals surface area contributed by atoms with Gasteiger partial charge in [-0.3, -0.25) is 0 Å². The topological polar surface area (TPSA) is 8.17 Å². The average molecular weight is 560 g/mol. The fourth-order valence-corrected chi connectivity index (χ4v) is 5.38. The second-order valence-corrected chi connectivity index (χ2v) is 9.33. The van der Waals surface area contributed by atoms with Gasteiger partial charge in [-0.05, 0) is 47.0 Å². The number of benzene rings is 4. The molecule has 0 saturated heterocycles. The van der Waals surface area contributed by atoms with E-state index in [0.717, 1.165) is 28.2 Å². The lowest BCUT2D eigenvalue weighted by Gasteiger charge is -2.36. The molecule has 1 aliphatic heterocycles. The van der Waals surface area contributed by atoms with Gasteiger partial charge in [0.2, 0.25) is 0 Å². The van der Waals surface area contributed by atoms with Crippen molar-refractivity contribution in [3.63, 3.8) is 0 Å². The van der Waals surface area contributed by atoms with Crippen LogP contribution in [0.15, 0.2) is 109 Å². The first-order chi connectivity index (χ1) is 17.2. The highest BCUT2D eigenvalue weighted by Gasteiger charge is 2.32. The molecule has 6 rings (SSSR count). The molecule has 1 unspecified atom stereocenters. The molecular weight excluding hydrogens is 535 g/mol. The lowest BCUT2D eigenvalue weighted by atomic mass is 9.94. The third kappa shape index (κ3) is 4.47. The fourth-order valence-electron chi connectivity index (χ4n) is 5.14. The molecular formula is C31H25BrClFN2. The normalized spacial score (nSPS) is 14.5.